The number of carbonyl (C=O) groups excluding carboxylic acids is 1. The summed E-state index contributed by atoms with van der Waals surface area (Å²) < 4.78 is 14.6. The van der Waals surface area contributed by atoms with Gasteiger partial charge in [0.05, 0.1) is 7.11 Å². The van der Waals surface area contributed by atoms with Gasteiger partial charge in [-0.05, 0) is 23.8 Å². The number of benzene rings is 1. The van der Waals surface area contributed by atoms with Crippen LogP contribution < -0.4 is 4.74 Å². The lowest BCUT2D eigenvalue weighted by molar-refractivity contribution is -0.271. The van der Waals surface area contributed by atoms with Gasteiger partial charge in [0, 0.05) is 6.08 Å². The molecule has 0 unspecified atom stereocenters. The molecule has 2 rings (SSSR count). The van der Waals surface area contributed by atoms with E-state index in [1.807, 2.05) is 0 Å². The molecule has 5 N–H and O–H groups in total. The zero-order valence-corrected chi connectivity index (χ0v) is 13.6. The number of phenols is 1. The maximum atomic E-state index is 11.1. The fraction of sp³-hybridized carbons (Fsp3) is 0.375. The highest BCUT2D eigenvalue weighted by Crippen LogP contribution is 2.31. The smallest absolute Gasteiger partial charge is 0.335 e. The standard InChI is InChI=1S/C16H18O10/c1-24-10(18)5-3-7-2-4-9(8(17)6-7)25-16-13(21)11(19)12(20)14(26-16)15(22)23/h2-6,11-14,16-17,19-21H,1H3,(H,22,23)/b5-3+/t11-,12-,13+,14-,16+/m0/s1. The first-order valence-electron chi connectivity index (χ1n) is 7.42. The van der Waals surface area contributed by atoms with Gasteiger partial charge < -0.3 is 39.7 Å². The van der Waals surface area contributed by atoms with Crippen molar-refractivity contribution in [1.29, 1.82) is 0 Å². The second kappa shape index (κ2) is 8.15. The van der Waals surface area contributed by atoms with Gasteiger partial charge in [-0.2, -0.15) is 0 Å². The molecule has 1 saturated heterocycles. The number of methoxy groups -OCH3 is 1. The third-order valence-corrected chi connectivity index (χ3v) is 3.65. The number of rotatable bonds is 5. The molecule has 1 aromatic carbocycles. The van der Waals surface area contributed by atoms with Gasteiger partial charge in [0.15, 0.2) is 17.6 Å². The fourth-order valence-electron chi connectivity index (χ4n) is 2.24. The van der Waals surface area contributed by atoms with E-state index in [1.54, 1.807) is 0 Å². The normalized spacial score (nSPS) is 28.7. The number of carbonyl (C=O) groups is 2. The molecule has 1 heterocycles. The van der Waals surface area contributed by atoms with Crippen LogP contribution in [0.25, 0.3) is 6.08 Å². The number of aliphatic carboxylic acids is 1. The average molecular weight is 370 g/mol. The molecule has 0 spiro atoms. The van der Waals surface area contributed by atoms with Crippen molar-refractivity contribution in [3.05, 3.63) is 29.8 Å². The molecule has 0 radical (unpaired) electrons. The maximum Gasteiger partial charge on any atom is 0.335 e. The molecule has 142 valence electrons. The third kappa shape index (κ3) is 4.29. The molecule has 5 atom stereocenters. The second-order valence-electron chi connectivity index (χ2n) is 5.44. The zero-order valence-electron chi connectivity index (χ0n) is 13.6. The van der Waals surface area contributed by atoms with Crippen molar-refractivity contribution in [1.82, 2.24) is 0 Å². The number of carboxylic acid groups (broad SMARTS) is 1. The van der Waals surface area contributed by atoms with Crippen LogP contribution in [0.2, 0.25) is 0 Å². The van der Waals surface area contributed by atoms with Crippen LogP contribution in [0.4, 0.5) is 0 Å². The quantitative estimate of drug-likeness (QED) is 0.316. The highest BCUT2D eigenvalue weighted by Gasteiger charge is 2.48. The molecule has 0 amide bonds. The van der Waals surface area contributed by atoms with E-state index >= 15 is 0 Å². The molecule has 1 aliphatic heterocycles. The number of aliphatic hydroxyl groups is 3. The minimum Gasteiger partial charge on any atom is -0.504 e. The van der Waals surface area contributed by atoms with Gasteiger partial charge in [0.25, 0.3) is 0 Å². The zero-order chi connectivity index (χ0) is 19.4. The number of aliphatic hydroxyl groups excluding tert-OH is 3. The van der Waals surface area contributed by atoms with Gasteiger partial charge in [-0.3, -0.25) is 0 Å². The Morgan fingerprint density at radius 1 is 1.15 bits per heavy atom. The van der Waals surface area contributed by atoms with Gasteiger partial charge in [-0.25, -0.2) is 9.59 Å². The number of aromatic hydroxyl groups is 1. The van der Waals surface area contributed by atoms with E-state index in [2.05, 4.69) is 4.74 Å². The molecule has 0 aliphatic carbocycles. The Labute approximate surface area is 147 Å². The topological polar surface area (TPSA) is 163 Å². The van der Waals surface area contributed by atoms with E-state index in [0.29, 0.717) is 5.56 Å². The molecule has 10 heteroatoms. The third-order valence-electron chi connectivity index (χ3n) is 3.65. The van der Waals surface area contributed by atoms with Crippen molar-refractivity contribution >= 4 is 18.0 Å². The molecule has 26 heavy (non-hydrogen) atoms. The van der Waals surface area contributed by atoms with E-state index in [9.17, 15) is 30.0 Å². The summed E-state index contributed by atoms with van der Waals surface area (Å²) in [6.45, 7) is 0. The lowest BCUT2D eigenvalue weighted by atomic mass is 9.99. The van der Waals surface area contributed by atoms with Gasteiger partial charge in [0.1, 0.15) is 18.3 Å². The summed E-state index contributed by atoms with van der Waals surface area (Å²) in [6, 6.07) is 3.99. The molecule has 0 saturated carbocycles. The average Bonchev–Trinajstić information content (AvgIpc) is 2.61. The van der Waals surface area contributed by atoms with Crippen LogP contribution in [0, 0.1) is 0 Å². The number of esters is 1. The van der Waals surface area contributed by atoms with Crippen LogP contribution in [0.3, 0.4) is 0 Å². The molecule has 1 fully saturated rings. The molecule has 0 aromatic heterocycles. The van der Waals surface area contributed by atoms with Crippen LogP contribution in [0.5, 0.6) is 11.5 Å². The van der Waals surface area contributed by atoms with Crippen LogP contribution in [0.15, 0.2) is 24.3 Å². The predicted octanol–water partition coefficient (Wildman–Crippen LogP) is -1.15. The highest BCUT2D eigenvalue weighted by molar-refractivity contribution is 5.87. The van der Waals surface area contributed by atoms with Gasteiger partial charge in [-0.15, -0.1) is 0 Å². The van der Waals surface area contributed by atoms with Crippen molar-refractivity contribution in [2.75, 3.05) is 7.11 Å². The fourth-order valence-corrected chi connectivity index (χ4v) is 2.24. The SMILES string of the molecule is COC(=O)/C=C/c1ccc(O[C@@H]2O[C@H](C(=O)O)[C@@H](O)[C@H](O)[C@H]2O)c(O)c1. The minimum absolute atomic E-state index is 0.169. The van der Waals surface area contributed by atoms with Crippen LogP contribution in [-0.2, 0) is 19.1 Å². The molecule has 10 nitrogen and oxygen atoms in total. The van der Waals surface area contributed by atoms with Gasteiger partial charge >= 0.3 is 11.9 Å². The molecular formula is C16H18O10. The first-order valence-corrected chi connectivity index (χ1v) is 7.42. The van der Waals surface area contributed by atoms with Gasteiger partial charge in [-0.1, -0.05) is 6.07 Å². The monoisotopic (exact) mass is 370 g/mol. The Kier molecular flexibility index (Phi) is 6.16. The van der Waals surface area contributed by atoms with E-state index in [0.717, 1.165) is 6.08 Å². The largest absolute Gasteiger partial charge is 0.504 e. The van der Waals surface area contributed by atoms with Crippen molar-refractivity contribution in [3.8, 4) is 11.5 Å². The first-order chi connectivity index (χ1) is 12.2. The summed E-state index contributed by atoms with van der Waals surface area (Å²) in [7, 11) is 1.21. The molecule has 1 aliphatic rings. The van der Waals surface area contributed by atoms with Crippen LogP contribution in [-0.4, -0.2) is 75.3 Å². The first kappa shape index (κ1) is 19.7. The summed E-state index contributed by atoms with van der Waals surface area (Å²) in [5.74, 6) is -2.70. The van der Waals surface area contributed by atoms with E-state index in [-0.39, 0.29) is 11.5 Å². The summed E-state index contributed by atoms with van der Waals surface area (Å²) in [6.07, 6.45) is -6.36. The Morgan fingerprint density at radius 3 is 2.42 bits per heavy atom. The Hall–Kier alpha value is -2.66. The summed E-state index contributed by atoms with van der Waals surface area (Å²) in [5.41, 5.74) is 0.434. The number of hydrogen-bond acceptors (Lipinski definition) is 9. The van der Waals surface area contributed by atoms with E-state index in [1.165, 1.54) is 31.4 Å². The minimum atomic E-state index is -1.85. The molecule has 0 bridgehead atoms. The van der Waals surface area contributed by atoms with E-state index in [4.69, 9.17) is 14.6 Å². The van der Waals surface area contributed by atoms with Crippen LogP contribution >= 0.6 is 0 Å². The second-order valence-corrected chi connectivity index (χ2v) is 5.44. The lowest BCUT2D eigenvalue weighted by Gasteiger charge is -2.38. The predicted molar refractivity (Wildman–Crippen MR) is 84.1 cm³/mol. The van der Waals surface area contributed by atoms with Crippen molar-refractivity contribution in [3.63, 3.8) is 0 Å². The van der Waals surface area contributed by atoms with Gasteiger partial charge in [0.2, 0.25) is 6.29 Å². The summed E-state index contributed by atoms with van der Waals surface area (Å²) in [5, 5.41) is 48.2. The number of phenolic OH excluding ortho intramolecular Hbond substituents is 1. The summed E-state index contributed by atoms with van der Waals surface area (Å²) >= 11 is 0. The van der Waals surface area contributed by atoms with Crippen molar-refractivity contribution in [2.45, 2.75) is 30.7 Å². The lowest BCUT2D eigenvalue weighted by Crippen LogP contribution is -2.61. The maximum absolute atomic E-state index is 11.1. The Balaban J connectivity index is 2.15. The number of hydrogen-bond donors (Lipinski definition) is 5. The number of ether oxygens (including phenoxy) is 3. The Bertz CT molecular complexity index is 700. The number of carboxylic acids is 1. The van der Waals surface area contributed by atoms with Crippen molar-refractivity contribution in [2.24, 2.45) is 0 Å². The summed E-state index contributed by atoms with van der Waals surface area (Å²) in [4.78, 5) is 22.1. The van der Waals surface area contributed by atoms with Crippen LogP contribution in [0.1, 0.15) is 5.56 Å². The molecular weight excluding hydrogens is 352 g/mol. The Morgan fingerprint density at radius 2 is 1.85 bits per heavy atom. The van der Waals surface area contributed by atoms with Crippen molar-refractivity contribution < 1.29 is 49.3 Å². The highest BCUT2D eigenvalue weighted by atomic mass is 16.7. The van der Waals surface area contributed by atoms with E-state index < -0.39 is 42.6 Å². The molecule has 1 aromatic rings.